The Balaban J connectivity index is 1.92. The number of nitrogens with zero attached hydrogens (tertiary/aromatic N) is 2. The van der Waals surface area contributed by atoms with Crippen molar-refractivity contribution in [2.75, 3.05) is 49.7 Å². The average Bonchev–Trinajstić information content (AvgIpc) is 2.62. The van der Waals surface area contributed by atoms with Crippen LogP contribution in [0.3, 0.4) is 0 Å². The van der Waals surface area contributed by atoms with Gasteiger partial charge in [-0.3, -0.25) is 4.79 Å². The number of piperazine rings is 1. The van der Waals surface area contributed by atoms with E-state index in [-0.39, 0.29) is 15.5 Å². The third-order valence-electron chi connectivity index (χ3n) is 4.66. The zero-order valence-electron chi connectivity index (χ0n) is 15.6. The van der Waals surface area contributed by atoms with Gasteiger partial charge in [0.05, 0.1) is 26.9 Å². The van der Waals surface area contributed by atoms with Crippen LogP contribution in [0.5, 0.6) is 0 Å². The largest absolute Gasteiger partial charge is 0.367 e. The molecule has 6 nitrogen and oxygen atoms in total. The SMILES string of the molecule is CN1CCN(c2ccc(Cl)cc2NC(=O)c2cc(S(C)(=O)=O)ccc2Cl)CC1. The van der Waals surface area contributed by atoms with E-state index in [1.54, 1.807) is 12.1 Å². The van der Waals surface area contributed by atoms with Crippen molar-refractivity contribution in [3.05, 3.63) is 52.0 Å². The van der Waals surface area contributed by atoms with Crippen molar-refractivity contribution in [1.82, 2.24) is 4.90 Å². The first-order valence-electron chi connectivity index (χ1n) is 8.69. The minimum absolute atomic E-state index is 0.0347. The second-order valence-corrected chi connectivity index (χ2v) is 9.68. The first kappa shape index (κ1) is 20.9. The number of carbonyl (C=O) groups excluding carboxylic acids is 1. The molecular weight excluding hydrogens is 421 g/mol. The van der Waals surface area contributed by atoms with Crippen LogP contribution < -0.4 is 10.2 Å². The van der Waals surface area contributed by atoms with Gasteiger partial charge >= 0.3 is 0 Å². The van der Waals surface area contributed by atoms with Crippen molar-refractivity contribution in [1.29, 1.82) is 0 Å². The lowest BCUT2D eigenvalue weighted by Gasteiger charge is -2.35. The maximum Gasteiger partial charge on any atom is 0.257 e. The van der Waals surface area contributed by atoms with Crippen molar-refractivity contribution >= 4 is 50.3 Å². The monoisotopic (exact) mass is 441 g/mol. The van der Waals surface area contributed by atoms with Crippen molar-refractivity contribution < 1.29 is 13.2 Å². The number of carbonyl (C=O) groups is 1. The van der Waals surface area contributed by atoms with Crippen LogP contribution in [-0.2, 0) is 9.84 Å². The van der Waals surface area contributed by atoms with Crippen LogP contribution >= 0.6 is 23.2 Å². The number of hydrogen-bond acceptors (Lipinski definition) is 5. The normalized spacial score (nSPS) is 15.5. The van der Waals surface area contributed by atoms with Crippen LogP contribution in [0.1, 0.15) is 10.4 Å². The fourth-order valence-corrected chi connectivity index (χ4v) is 4.05. The molecule has 150 valence electrons. The van der Waals surface area contributed by atoms with Gasteiger partial charge in [-0.1, -0.05) is 23.2 Å². The van der Waals surface area contributed by atoms with Gasteiger partial charge in [0.1, 0.15) is 0 Å². The molecule has 1 amide bonds. The molecule has 0 bridgehead atoms. The Labute approximate surface area is 175 Å². The Morgan fingerprint density at radius 2 is 1.71 bits per heavy atom. The fourth-order valence-electron chi connectivity index (χ4n) is 3.03. The van der Waals surface area contributed by atoms with Crippen LogP contribution in [0.2, 0.25) is 10.0 Å². The molecule has 0 spiro atoms. The van der Waals surface area contributed by atoms with Gasteiger partial charge in [0, 0.05) is 37.5 Å². The maximum absolute atomic E-state index is 12.9. The Morgan fingerprint density at radius 3 is 2.36 bits per heavy atom. The zero-order valence-corrected chi connectivity index (χ0v) is 17.9. The molecule has 1 aliphatic rings. The first-order valence-corrected chi connectivity index (χ1v) is 11.3. The van der Waals surface area contributed by atoms with E-state index in [4.69, 9.17) is 23.2 Å². The minimum Gasteiger partial charge on any atom is -0.367 e. The Morgan fingerprint density at radius 1 is 1.04 bits per heavy atom. The smallest absolute Gasteiger partial charge is 0.257 e. The van der Waals surface area contributed by atoms with Crippen molar-refractivity contribution in [3.63, 3.8) is 0 Å². The van der Waals surface area contributed by atoms with Crippen LogP contribution in [-0.4, -0.2) is 58.7 Å². The van der Waals surface area contributed by atoms with E-state index in [2.05, 4.69) is 22.2 Å². The highest BCUT2D eigenvalue weighted by Gasteiger charge is 2.20. The van der Waals surface area contributed by atoms with E-state index in [1.807, 2.05) is 6.07 Å². The summed E-state index contributed by atoms with van der Waals surface area (Å²) in [5.74, 6) is -0.492. The summed E-state index contributed by atoms with van der Waals surface area (Å²) in [6, 6.07) is 9.41. The molecule has 0 aliphatic carbocycles. The number of nitrogens with one attached hydrogen (secondary N) is 1. The topological polar surface area (TPSA) is 69.7 Å². The molecule has 28 heavy (non-hydrogen) atoms. The molecule has 9 heteroatoms. The maximum atomic E-state index is 12.9. The Kier molecular flexibility index (Phi) is 6.19. The number of halogens is 2. The summed E-state index contributed by atoms with van der Waals surface area (Å²) in [6.45, 7) is 3.48. The Hall–Kier alpha value is -1.80. The van der Waals surface area contributed by atoms with Crippen LogP contribution in [0, 0.1) is 0 Å². The van der Waals surface area contributed by atoms with Crippen LogP contribution in [0.25, 0.3) is 0 Å². The lowest BCUT2D eigenvalue weighted by Crippen LogP contribution is -2.44. The summed E-state index contributed by atoms with van der Waals surface area (Å²) >= 11 is 12.3. The Bertz CT molecular complexity index is 1000. The molecular formula is C19H21Cl2N3O3S. The number of amides is 1. The van der Waals surface area contributed by atoms with E-state index in [1.165, 1.54) is 18.2 Å². The molecule has 0 radical (unpaired) electrons. The number of likely N-dealkylation sites (N-methyl/N-ethyl adjacent to an activating group) is 1. The van der Waals surface area contributed by atoms with Gasteiger partial charge in [0.15, 0.2) is 9.84 Å². The van der Waals surface area contributed by atoms with Gasteiger partial charge in [-0.25, -0.2) is 8.42 Å². The van der Waals surface area contributed by atoms with E-state index < -0.39 is 15.7 Å². The molecule has 0 atom stereocenters. The number of benzene rings is 2. The highest BCUT2D eigenvalue weighted by molar-refractivity contribution is 7.90. The molecule has 1 heterocycles. The number of anilines is 2. The summed E-state index contributed by atoms with van der Waals surface area (Å²) in [6.07, 6.45) is 1.08. The minimum atomic E-state index is -3.46. The highest BCUT2D eigenvalue weighted by Crippen LogP contribution is 2.31. The second kappa shape index (κ2) is 8.29. The summed E-state index contributed by atoms with van der Waals surface area (Å²) < 4.78 is 23.6. The molecule has 1 fully saturated rings. The number of rotatable bonds is 4. The summed E-state index contributed by atoms with van der Waals surface area (Å²) in [5.41, 5.74) is 1.51. The zero-order chi connectivity index (χ0) is 20.5. The standard InChI is InChI=1S/C19H21Cl2N3O3S/c1-23-7-9-24(10-8-23)18-6-3-13(20)11-17(18)22-19(25)15-12-14(28(2,26)27)4-5-16(15)21/h3-6,11-12H,7-10H2,1-2H3,(H,22,25). The molecule has 0 unspecified atom stereocenters. The lowest BCUT2D eigenvalue weighted by molar-refractivity contribution is 0.102. The highest BCUT2D eigenvalue weighted by atomic mass is 35.5. The second-order valence-electron chi connectivity index (χ2n) is 6.82. The summed E-state index contributed by atoms with van der Waals surface area (Å²) in [4.78, 5) is 17.3. The molecule has 2 aromatic rings. The van der Waals surface area contributed by atoms with Crippen molar-refractivity contribution in [3.8, 4) is 0 Å². The van der Waals surface area contributed by atoms with E-state index in [0.717, 1.165) is 38.1 Å². The summed E-state index contributed by atoms with van der Waals surface area (Å²) in [5, 5.41) is 3.50. The first-order chi connectivity index (χ1) is 13.1. The average molecular weight is 442 g/mol. The summed E-state index contributed by atoms with van der Waals surface area (Å²) in [7, 11) is -1.39. The quantitative estimate of drug-likeness (QED) is 0.786. The van der Waals surface area contributed by atoms with Gasteiger partial charge in [-0.2, -0.15) is 0 Å². The van der Waals surface area contributed by atoms with Gasteiger partial charge < -0.3 is 15.1 Å². The van der Waals surface area contributed by atoms with Crippen molar-refractivity contribution in [2.24, 2.45) is 0 Å². The van der Waals surface area contributed by atoms with Gasteiger partial charge in [-0.05, 0) is 43.4 Å². The fraction of sp³-hybridized carbons (Fsp3) is 0.316. The molecule has 2 aromatic carbocycles. The lowest BCUT2D eigenvalue weighted by atomic mass is 10.1. The molecule has 1 N–H and O–H groups in total. The molecule has 1 saturated heterocycles. The van der Waals surface area contributed by atoms with Gasteiger partial charge in [-0.15, -0.1) is 0 Å². The van der Waals surface area contributed by atoms with E-state index in [0.29, 0.717) is 10.7 Å². The predicted molar refractivity (Wildman–Crippen MR) is 114 cm³/mol. The van der Waals surface area contributed by atoms with E-state index >= 15 is 0 Å². The molecule has 1 aliphatic heterocycles. The molecule has 0 aromatic heterocycles. The van der Waals surface area contributed by atoms with Gasteiger partial charge in [0.2, 0.25) is 0 Å². The number of sulfone groups is 1. The van der Waals surface area contributed by atoms with Crippen LogP contribution in [0.4, 0.5) is 11.4 Å². The van der Waals surface area contributed by atoms with Crippen molar-refractivity contribution in [2.45, 2.75) is 4.90 Å². The number of hydrogen-bond donors (Lipinski definition) is 1. The third-order valence-corrected chi connectivity index (χ3v) is 6.34. The third kappa shape index (κ3) is 4.78. The predicted octanol–water partition coefficient (Wildman–Crippen LogP) is 3.40. The van der Waals surface area contributed by atoms with E-state index in [9.17, 15) is 13.2 Å². The molecule has 3 rings (SSSR count). The molecule has 0 saturated carbocycles. The van der Waals surface area contributed by atoms with Crippen LogP contribution in [0.15, 0.2) is 41.3 Å². The van der Waals surface area contributed by atoms with Gasteiger partial charge in [0.25, 0.3) is 5.91 Å².